The van der Waals surface area contributed by atoms with Crippen LogP contribution in [0.1, 0.15) is 26.7 Å². The molecule has 1 saturated heterocycles. The van der Waals surface area contributed by atoms with E-state index < -0.39 is 0 Å². The summed E-state index contributed by atoms with van der Waals surface area (Å²) < 4.78 is 0. The highest BCUT2D eigenvalue weighted by Gasteiger charge is 2.22. The lowest BCUT2D eigenvalue weighted by Gasteiger charge is -2.12. The standard InChI is InChI=1S/C8H17N/c1-3-7-5-9-6-8(7)4-2/h7-9H,3-6H2,1-2H3/t7-,8-/m0/s1. The summed E-state index contributed by atoms with van der Waals surface area (Å²) in [5.41, 5.74) is 0. The SMILES string of the molecule is CC[C@H]1CNC[C@@H]1CC. The van der Waals surface area contributed by atoms with Crippen molar-refractivity contribution in [3.8, 4) is 0 Å². The summed E-state index contributed by atoms with van der Waals surface area (Å²) in [5.74, 6) is 1.94. The van der Waals surface area contributed by atoms with Gasteiger partial charge in [0, 0.05) is 0 Å². The average Bonchev–Trinajstić information content (AvgIpc) is 2.33. The van der Waals surface area contributed by atoms with Crippen LogP contribution in [0, 0.1) is 11.8 Å². The molecule has 9 heavy (non-hydrogen) atoms. The second-order valence-corrected chi connectivity index (χ2v) is 2.99. The number of rotatable bonds is 2. The van der Waals surface area contributed by atoms with Crippen LogP contribution in [0.4, 0.5) is 0 Å². The van der Waals surface area contributed by atoms with Crippen molar-refractivity contribution in [1.29, 1.82) is 0 Å². The highest BCUT2D eigenvalue weighted by Crippen LogP contribution is 2.21. The van der Waals surface area contributed by atoms with E-state index in [9.17, 15) is 0 Å². The Balaban J connectivity index is 2.32. The number of hydrogen-bond acceptors (Lipinski definition) is 1. The Labute approximate surface area is 57.8 Å². The molecule has 0 aromatic heterocycles. The zero-order valence-corrected chi connectivity index (χ0v) is 6.48. The van der Waals surface area contributed by atoms with Gasteiger partial charge in [-0.3, -0.25) is 0 Å². The molecule has 2 atom stereocenters. The second kappa shape index (κ2) is 3.21. The smallest absolute Gasteiger partial charge is 0.00174 e. The van der Waals surface area contributed by atoms with Crippen molar-refractivity contribution in [2.45, 2.75) is 26.7 Å². The summed E-state index contributed by atoms with van der Waals surface area (Å²) in [6, 6.07) is 0. The van der Waals surface area contributed by atoms with Crippen LogP contribution < -0.4 is 5.32 Å². The Hall–Kier alpha value is -0.0400. The van der Waals surface area contributed by atoms with E-state index in [-0.39, 0.29) is 0 Å². The molecular formula is C8H17N. The van der Waals surface area contributed by atoms with Gasteiger partial charge < -0.3 is 5.32 Å². The van der Waals surface area contributed by atoms with Gasteiger partial charge in [0.15, 0.2) is 0 Å². The minimum atomic E-state index is 0.968. The zero-order valence-electron chi connectivity index (χ0n) is 6.48. The first kappa shape index (κ1) is 7.07. The van der Waals surface area contributed by atoms with Gasteiger partial charge in [-0.1, -0.05) is 26.7 Å². The van der Waals surface area contributed by atoms with Gasteiger partial charge >= 0.3 is 0 Å². The average molecular weight is 127 g/mol. The lowest BCUT2D eigenvalue weighted by atomic mass is 9.92. The second-order valence-electron chi connectivity index (χ2n) is 2.99. The molecule has 1 heterocycles. The predicted molar refractivity (Wildman–Crippen MR) is 40.4 cm³/mol. The molecule has 1 nitrogen and oxygen atoms in total. The van der Waals surface area contributed by atoms with Crippen LogP contribution in [0.25, 0.3) is 0 Å². The molecule has 0 aromatic rings. The van der Waals surface area contributed by atoms with Crippen LogP contribution >= 0.6 is 0 Å². The van der Waals surface area contributed by atoms with Crippen molar-refractivity contribution >= 4 is 0 Å². The van der Waals surface area contributed by atoms with Crippen LogP contribution in [-0.2, 0) is 0 Å². The lowest BCUT2D eigenvalue weighted by Crippen LogP contribution is -2.09. The molecule has 0 aliphatic carbocycles. The molecule has 1 fully saturated rings. The molecular weight excluding hydrogens is 110 g/mol. The molecule has 0 bridgehead atoms. The third-order valence-corrected chi connectivity index (χ3v) is 2.53. The maximum Gasteiger partial charge on any atom is -0.00174 e. The summed E-state index contributed by atoms with van der Waals surface area (Å²) in [6.45, 7) is 7.10. The third kappa shape index (κ3) is 1.45. The first-order valence-corrected chi connectivity index (χ1v) is 4.09. The zero-order chi connectivity index (χ0) is 6.69. The van der Waals surface area contributed by atoms with E-state index in [2.05, 4.69) is 19.2 Å². The van der Waals surface area contributed by atoms with Crippen molar-refractivity contribution in [2.24, 2.45) is 11.8 Å². The van der Waals surface area contributed by atoms with Crippen LogP contribution in [0.5, 0.6) is 0 Å². The molecule has 1 rings (SSSR count). The minimum absolute atomic E-state index is 0.968. The van der Waals surface area contributed by atoms with Crippen molar-refractivity contribution in [1.82, 2.24) is 5.32 Å². The molecule has 1 aliphatic rings. The molecule has 0 radical (unpaired) electrons. The fraction of sp³-hybridized carbons (Fsp3) is 1.00. The number of hydrogen-bond donors (Lipinski definition) is 1. The van der Waals surface area contributed by atoms with Crippen molar-refractivity contribution in [3.05, 3.63) is 0 Å². The van der Waals surface area contributed by atoms with E-state index >= 15 is 0 Å². The maximum atomic E-state index is 3.42. The van der Waals surface area contributed by atoms with Gasteiger partial charge in [0.2, 0.25) is 0 Å². The Bertz CT molecular complexity index is 70.6. The van der Waals surface area contributed by atoms with Gasteiger partial charge in [-0.25, -0.2) is 0 Å². The van der Waals surface area contributed by atoms with Crippen LogP contribution in [0.2, 0.25) is 0 Å². The molecule has 0 amide bonds. The molecule has 0 spiro atoms. The quantitative estimate of drug-likeness (QED) is 0.594. The lowest BCUT2D eigenvalue weighted by molar-refractivity contribution is 0.397. The first-order valence-electron chi connectivity index (χ1n) is 4.09. The summed E-state index contributed by atoms with van der Waals surface area (Å²) in [6.07, 6.45) is 2.71. The van der Waals surface area contributed by atoms with E-state index in [1.165, 1.54) is 25.9 Å². The largest absolute Gasteiger partial charge is 0.316 e. The molecule has 54 valence electrons. The van der Waals surface area contributed by atoms with Crippen LogP contribution in [0.3, 0.4) is 0 Å². The Morgan fingerprint density at radius 3 is 1.89 bits per heavy atom. The van der Waals surface area contributed by atoms with Crippen LogP contribution in [-0.4, -0.2) is 13.1 Å². The highest BCUT2D eigenvalue weighted by atomic mass is 14.9. The van der Waals surface area contributed by atoms with E-state index in [1.807, 2.05) is 0 Å². The normalized spacial score (nSPS) is 35.3. The monoisotopic (exact) mass is 127 g/mol. The molecule has 0 unspecified atom stereocenters. The van der Waals surface area contributed by atoms with Crippen molar-refractivity contribution in [3.63, 3.8) is 0 Å². The van der Waals surface area contributed by atoms with Gasteiger partial charge in [0.05, 0.1) is 0 Å². The summed E-state index contributed by atoms with van der Waals surface area (Å²) in [4.78, 5) is 0. The van der Waals surface area contributed by atoms with Gasteiger partial charge in [-0.15, -0.1) is 0 Å². The van der Waals surface area contributed by atoms with E-state index in [0.717, 1.165) is 11.8 Å². The van der Waals surface area contributed by atoms with E-state index in [4.69, 9.17) is 0 Å². The topological polar surface area (TPSA) is 12.0 Å². The maximum absolute atomic E-state index is 3.42. The molecule has 1 N–H and O–H groups in total. The van der Waals surface area contributed by atoms with Gasteiger partial charge in [0.25, 0.3) is 0 Å². The van der Waals surface area contributed by atoms with Gasteiger partial charge in [-0.05, 0) is 24.9 Å². The first-order chi connectivity index (χ1) is 4.38. The molecule has 0 saturated carbocycles. The third-order valence-electron chi connectivity index (χ3n) is 2.53. The van der Waals surface area contributed by atoms with Crippen LogP contribution in [0.15, 0.2) is 0 Å². The summed E-state index contributed by atoms with van der Waals surface area (Å²) in [7, 11) is 0. The van der Waals surface area contributed by atoms with Crippen molar-refractivity contribution in [2.75, 3.05) is 13.1 Å². The Kier molecular flexibility index (Phi) is 2.52. The minimum Gasteiger partial charge on any atom is -0.316 e. The fourth-order valence-corrected chi connectivity index (χ4v) is 1.74. The Morgan fingerprint density at radius 1 is 1.11 bits per heavy atom. The molecule has 1 heteroatoms. The Morgan fingerprint density at radius 2 is 1.56 bits per heavy atom. The van der Waals surface area contributed by atoms with Crippen molar-refractivity contribution < 1.29 is 0 Å². The predicted octanol–water partition coefficient (Wildman–Crippen LogP) is 1.64. The van der Waals surface area contributed by atoms with E-state index in [1.54, 1.807) is 0 Å². The van der Waals surface area contributed by atoms with E-state index in [0.29, 0.717) is 0 Å². The summed E-state index contributed by atoms with van der Waals surface area (Å²) >= 11 is 0. The molecule has 0 aromatic carbocycles. The summed E-state index contributed by atoms with van der Waals surface area (Å²) in [5, 5.41) is 3.42. The number of nitrogens with one attached hydrogen (secondary N) is 1. The fourth-order valence-electron chi connectivity index (χ4n) is 1.74. The van der Waals surface area contributed by atoms with Gasteiger partial charge in [0.1, 0.15) is 0 Å². The molecule has 1 aliphatic heterocycles. The van der Waals surface area contributed by atoms with Gasteiger partial charge in [-0.2, -0.15) is 0 Å². The highest BCUT2D eigenvalue weighted by molar-refractivity contribution is 4.78.